The van der Waals surface area contributed by atoms with E-state index in [0.717, 1.165) is 18.8 Å². The van der Waals surface area contributed by atoms with Crippen molar-refractivity contribution in [3.63, 3.8) is 0 Å². The van der Waals surface area contributed by atoms with E-state index in [4.69, 9.17) is 0 Å². The van der Waals surface area contributed by atoms with Crippen molar-refractivity contribution < 1.29 is 8.42 Å². The van der Waals surface area contributed by atoms with E-state index in [9.17, 15) is 8.42 Å². The molecule has 0 aromatic rings. The third kappa shape index (κ3) is 2.72. The van der Waals surface area contributed by atoms with Gasteiger partial charge in [-0.1, -0.05) is 6.92 Å². The average molecular weight is 231 g/mol. The van der Waals surface area contributed by atoms with Gasteiger partial charge in [0.25, 0.3) is 0 Å². The second-order valence-corrected chi connectivity index (χ2v) is 7.58. The summed E-state index contributed by atoms with van der Waals surface area (Å²) < 4.78 is 22.9. The SMILES string of the molecule is CCC(NC1(C)CCS(=O)(=O)C1)C1CC1. The fourth-order valence-corrected chi connectivity index (χ4v) is 4.73. The molecule has 3 nitrogen and oxygen atoms in total. The predicted molar refractivity (Wildman–Crippen MR) is 61.6 cm³/mol. The molecule has 1 N–H and O–H groups in total. The molecule has 2 atom stereocenters. The Labute approximate surface area is 92.6 Å². The summed E-state index contributed by atoms with van der Waals surface area (Å²) in [6.45, 7) is 4.24. The summed E-state index contributed by atoms with van der Waals surface area (Å²) in [5, 5.41) is 3.58. The van der Waals surface area contributed by atoms with Crippen molar-refractivity contribution in [1.29, 1.82) is 0 Å². The molecule has 0 aromatic carbocycles. The molecule has 0 spiro atoms. The highest BCUT2D eigenvalue weighted by atomic mass is 32.2. The topological polar surface area (TPSA) is 46.2 Å². The second-order valence-electron chi connectivity index (χ2n) is 5.40. The highest BCUT2D eigenvalue weighted by Gasteiger charge is 2.41. The third-order valence-corrected chi connectivity index (χ3v) is 5.57. The molecule has 0 radical (unpaired) electrons. The van der Waals surface area contributed by atoms with Gasteiger partial charge in [-0.05, 0) is 38.5 Å². The van der Waals surface area contributed by atoms with Crippen LogP contribution in [0.2, 0.25) is 0 Å². The summed E-state index contributed by atoms with van der Waals surface area (Å²) >= 11 is 0. The summed E-state index contributed by atoms with van der Waals surface area (Å²) in [6.07, 6.45) is 4.52. The zero-order valence-corrected chi connectivity index (χ0v) is 10.4. The van der Waals surface area contributed by atoms with Gasteiger partial charge < -0.3 is 5.32 Å². The number of rotatable bonds is 4. The molecule has 0 aromatic heterocycles. The zero-order valence-electron chi connectivity index (χ0n) is 9.62. The fraction of sp³-hybridized carbons (Fsp3) is 1.00. The molecule has 4 heteroatoms. The summed E-state index contributed by atoms with van der Waals surface area (Å²) in [5.74, 6) is 1.48. The van der Waals surface area contributed by atoms with Crippen LogP contribution in [-0.4, -0.2) is 31.5 Å². The van der Waals surface area contributed by atoms with Crippen LogP contribution in [0.25, 0.3) is 0 Å². The molecule has 2 rings (SSSR count). The Bertz CT molecular complexity index is 334. The van der Waals surface area contributed by atoms with E-state index in [1.54, 1.807) is 0 Å². The first kappa shape index (κ1) is 11.4. The van der Waals surface area contributed by atoms with Gasteiger partial charge in [0.05, 0.1) is 11.5 Å². The Morgan fingerprint density at radius 1 is 1.47 bits per heavy atom. The molecule has 1 saturated carbocycles. The number of sulfone groups is 1. The molecule has 88 valence electrons. The minimum Gasteiger partial charge on any atom is -0.307 e. The van der Waals surface area contributed by atoms with Gasteiger partial charge in [0.2, 0.25) is 0 Å². The minimum atomic E-state index is -2.78. The van der Waals surface area contributed by atoms with Crippen LogP contribution in [0.3, 0.4) is 0 Å². The quantitative estimate of drug-likeness (QED) is 0.794. The largest absolute Gasteiger partial charge is 0.307 e. The van der Waals surface area contributed by atoms with E-state index in [2.05, 4.69) is 19.2 Å². The number of hydrogen-bond acceptors (Lipinski definition) is 3. The highest BCUT2D eigenvalue weighted by Crippen LogP contribution is 2.36. The van der Waals surface area contributed by atoms with Crippen LogP contribution < -0.4 is 5.32 Å². The predicted octanol–water partition coefficient (Wildman–Crippen LogP) is 1.34. The van der Waals surface area contributed by atoms with Gasteiger partial charge in [-0.2, -0.15) is 0 Å². The molecular formula is C11H21NO2S. The lowest BCUT2D eigenvalue weighted by atomic mass is 9.98. The van der Waals surface area contributed by atoms with Crippen molar-refractivity contribution >= 4 is 9.84 Å². The van der Waals surface area contributed by atoms with Gasteiger partial charge in [-0.3, -0.25) is 0 Å². The van der Waals surface area contributed by atoms with Crippen LogP contribution in [0.15, 0.2) is 0 Å². The molecule has 1 aliphatic heterocycles. The van der Waals surface area contributed by atoms with Crippen molar-refractivity contribution in [2.45, 2.75) is 51.1 Å². The van der Waals surface area contributed by atoms with Gasteiger partial charge in [0.15, 0.2) is 9.84 Å². The lowest BCUT2D eigenvalue weighted by Gasteiger charge is -2.30. The first-order valence-corrected chi connectivity index (χ1v) is 7.74. The smallest absolute Gasteiger partial charge is 0.152 e. The zero-order chi connectivity index (χ0) is 11.1. The first-order chi connectivity index (χ1) is 6.94. The van der Waals surface area contributed by atoms with E-state index in [0.29, 0.717) is 17.5 Å². The van der Waals surface area contributed by atoms with Crippen LogP contribution in [0, 0.1) is 5.92 Å². The molecule has 2 unspecified atom stereocenters. The van der Waals surface area contributed by atoms with Gasteiger partial charge >= 0.3 is 0 Å². The van der Waals surface area contributed by atoms with Crippen LogP contribution in [0.5, 0.6) is 0 Å². The van der Waals surface area contributed by atoms with Crippen LogP contribution in [-0.2, 0) is 9.84 Å². The van der Waals surface area contributed by atoms with Crippen molar-refractivity contribution in [3.8, 4) is 0 Å². The fourth-order valence-electron chi connectivity index (χ4n) is 2.62. The van der Waals surface area contributed by atoms with E-state index in [-0.39, 0.29) is 5.54 Å². The van der Waals surface area contributed by atoms with Gasteiger partial charge in [0.1, 0.15) is 0 Å². The van der Waals surface area contributed by atoms with Crippen molar-refractivity contribution in [1.82, 2.24) is 5.32 Å². The van der Waals surface area contributed by atoms with Gasteiger partial charge in [-0.15, -0.1) is 0 Å². The minimum absolute atomic E-state index is 0.165. The lowest BCUT2D eigenvalue weighted by Crippen LogP contribution is -2.49. The van der Waals surface area contributed by atoms with E-state index in [1.807, 2.05) is 0 Å². The van der Waals surface area contributed by atoms with Crippen molar-refractivity contribution in [3.05, 3.63) is 0 Å². The molecule has 15 heavy (non-hydrogen) atoms. The third-order valence-electron chi connectivity index (χ3n) is 3.67. The Kier molecular flexibility index (Phi) is 2.84. The summed E-state index contributed by atoms with van der Waals surface area (Å²) in [5.41, 5.74) is -0.165. The van der Waals surface area contributed by atoms with E-state index >= 15 is 0 Å². The molecule has 2 aliphatic rings. The van der Waals surface area contributed by atoms with Crippen LogP contribution in [0.4, 0.5) is 0 Å². The Hall–Kier alpha value is -0.0900. The number of hydrogen-bond donors (Lipinski definition) is 1. The molecule has 0 amide bonds. The standard InChI is InChI=1S/C11H21NO2S/c1-3-10(9-4-5-9)12-11(2)6-7-15(13,14)8-11/h9-10,12H,3-8H2,1-2H3. The first-order valence-electron chi connectivity index (χ1n) is 5.92. The maximum Gasteiger partial charge on any atom is 0.152 e. The van der Waals surface area contributed by atoms with Gasteiger partial charge in [-0.25, -0.2) is 8.42 Å². The normalized spacial score (nSPS) is 36.7. The van der Waals surface area contributed by atoms with Crippen LogP contribution >= 0.6 is 0 Å². The molecule has 1 heterocycles. The maximum absolute atomic E-state index is 11.5. The monoisotopic (exact) mass is 231 g/mol. The van der Waals surface area contributed by atoms with Crippen molar-refractivity contribution in [2.24, 2.45) is 5.92 Å². The molecule has 1 aliphatic carbocycles. The van der Waals surface area contributed by atoms with Gasteiger partial charge in [0, 0.05) is 11.6 Å². The molecule has 1 saturated heterocycles. The maximum atomic E-state index is 11.5. The Morgan fingerprint density at radius 2 is 2.13 bits per heavy atom. The molecule has 0 bridgehead atoms. The van der Waals surface area contributed by atoms with Crippen molar-refractivity contribution in [2.75, 3.05) is 11.5 Å². The summed E-state index contributed by atoms with van der Waals surface area (Å²) in [6, 6.07) is 0.531. The summed E-state index contributed by atoms with van der Waals surface area (Å²) in [4.78, 5) is 0. The van der Waals surface area contributed by atoms with E-state index < -0.39 is 9.84 Å². The average Bonchev–Trinajstić information content (AvgIpc) is 2.91. The number of nitrogens with one attached hydrogen (secondary N) is 1. The molecular weight excluding hydrogens is 210 g/mol. The second kappa shape index (κ2) is 3.74. The lowest BCUT2D eigenvalue weighted by molar-refractivity contribution is 0.311. The Balaban J connectivity index is 1.98. The van der Waals surface area contributed by atoms with Crippen LogP contribution in [0.1, 0.15) is 39.5 Å². The summed E-state index contributed by atoms with van der Waals surface area (Å²) in [7, 11) is -2.78. The molecule has 2 fully saturated rings. The van der Waals surface area contributed by atoms with E-state index in [1.165, 1.54) is 12.8 Å². The highest BCUT2D eigenvalue weighted by molar-refractivity contribution is 7.91. The Morgan fingerprint density at radius 3 is 2.53 bits per heavy atom.